The van der Waals surface area contributed by atoms with E-state index in [0.29, 0.717) is 4.77 Å². The van der Waals surface area contributed by atoms with Gasteiger partial charge in [0.1, 0.15) is 0 Å². The molecule has 5 nitrogen and oxygen atoms in total. The predicted molar refractivity (Wildman–Crippen MR) is 103 cm³/mol. The normalized spacial score (nSPS) is 11.5. The summed E-state index contributed by atoms with van der Waals surface area (Å²) in [6.45, 7) is 6.20. The summed E-state index contributed by atoms with van der Waals surface area (Å²) in [4.78, 5) is 0. The molecule has 0 fully saturated rings. The molecule has 24 heavy (non-hydrogen) atoms. The van der Waals surface area contributed by atoms with Crippen LogP contribution in [-0.2, 0) is 6.42 Å². The Hall–Kier alpha value is -1.99. The van der Waals surface area contributed by atoms with E-state index in [1.54, 1.807) is 4.68 Å². The third-order valence-corrected chi connectivity index (χ3v) is 4.69. The smallest absolute Gasteiger partial charge is 0.216 e. The summed E-state index contributed by atoms with van der Waals surface area (Å²) < 4.78 is 5.45. The number of hydrogen-bond donors (Lipinski definition) is 1. The van der Waals surface area contributed by atoms with Gasteiger partial charge in [0.25, 0.3) is 0 Å². The Balaban J connectivity index is 2.00. The number of halogens is 1. The molecule has 1 N–H and O–H groups in total. The Morgan fingerprint density at radius 2 is 2.00 bits per heavy atom. The van der Waals surface area contributed by atoms with Gasteiger partial charge in [-0.3, -0.25) is 5.10 Å². The number of hydrogen-bond acceptors (Lipinski definition) is 3. The van der Waals surface area contributed by atoms with Gasteiger partial charge >= 0.3 is 0 Å². The highest BCUT2D eigenvalue weighted by atomic mass is 79.9. The fourth-order valence-electron chi connectivity index (χ4n) is 2.70. The third kappa shape index (κ3) is 3.14. The quantitative estimate of drug-likeness (QED) is 0.512. The first-order chi connectivity index (χ1) is 11.5. The van der Waals surface area contributed by atoms with Gasteiger partial charge < -0.3 is 4.57 Å². The topological polar surface area (TPSA) is 50.9 Å². The molecule has 0 aliphatic heterocycles. The lowest BCUT2D eigenvalue weighted by molar-refractivity contribution is 0.780. The maximum Gasteiger partial charge on any atom is 0.216 e. The number of aromatic nitrogens is 4. The molecule has 0 radical (unpaired) electrons. The minimum absolute atomic E-state index is 0.504. The highest BCUT2D eigenvalue weighted by Crippen LogP contribution is 2.21. The molecule has 0 saturated heterocycles. The molecular weight excluding hydrogens is 386 g/mol. The standard InChI is InChI=1S/C17H18BrN5S/c1-4-16-20-21-17(24)23(16)19-10-13-9-11(2)22(12(13)3)15-7-5-14(18)6-8-15/h5-10H,4H2,1-3H3,(H,21,24)/b19-10+. The highest BCUT2D eigenvalue weighted by Gasteiger charge is 2.10. The monoisotopic (exact) mass is 403 g/mol. The largest absolute Gasteiger partial charge is 0.318 e. The summed E-state index contributed by atoms with van der Waals surface area (Å²) in [6.07, 6.45) is 2.60. The fraction of sp³-hybridized carbons (Fsp3) is 0.235. The average molecular weight is 404 g/mol. The highest BCUT2D eigenvalue weighted by molar-refractivity contribution is 9.10. The Labute approximate surface area is 154 Å². The SMILES string of the molecule is CCc1n[nH]c(=S)n1/N=C/c1cc(C)n(-c2ccc(Br)cc2)c1C. The summed E-state index contributed by atoms with van der Waals surface area (Å²) in [5.41, 5.74) is 4.47. The lowest BCUT2D eigenvalue weighted by Gasteiger charge is -2.09. The van der Waals surface area contributed by atoms with E-state index in [-0.39, 0.29) is 0 Å². The predicted octanol–water partition coefficient (Wildman–Crippen LogP) is 4.56. The first kappa shape index (κ1) is 16.9. The summed E-state index contributed by atoms with van der Waals surface area (Å²) in [5.74, 6) is 0.818. The molecule has 0 bridgehead atoms. The van der Waals surface area contributed by atoms with E-state index in [1.807, 2.05) is 25.3 Å². The van der Waals surface area contributed by atoms with E-state index in [4.69, 9.17) is 12.2 Å². The van der Waals surface area contributed by atoms with Gasteiger partial charge in [-0.2, -0.15) is 14.9 Å². The molecule has 1 aromatic carbocycles. The van der Waals surface area contributed by atoms with Crippen LogP contribution in [-0.4, -0.2) is 25.7 Å². The van der Waals surface area contributed by atoms with E-state index in [0.717, 1.165) is 39.4 Å². The van der Waals surface area contributed by atoms with Crippen LogP contribution < -0.4 is 0 Å². The molecule has 0 atom stereocenters. The molecule has 0 unspecified atom stereocenters. The van der Waals surface area contributed by atoms with E-state index in [1.165, 1.54) is 0 Å². The summed E-state index contributed by atoms with van der Waals surface area (Å²) in [7, 11) is 0. The van der Waals surface area contributed by atoms with Gasteiger partial charge in [0.05, 0.1) is 6.21 Å². The molecule has 3 aromatic rings. The maximum atomic E-state index is 5.23. The van der Waals surface area contributed by atoms with Crippen molar-refractivity contribution >= 4 is 34.4 Å². The zero-order valence-corrected chi connectivity index (χ0v) is 16.1. The first-order valence-corrected chi connectivity index (χ1v) is 8.87. The maximum absolute atomic E-state index is 5.23. The van der Waals surface area contributed by atoms with Crippen molar-refractivity contribution in [3.05, 3.63) is 62.4 Å². The van der Waals surface area contributed by atoms with Gasteiger partial charge in [-0.05, 0) is 56.4 Å². The summed E-state index contributed by atoms with van der Waals surface area (Å²) in [6, 6.07) is 10.4. The molecule has 0 saturated carbocycles. The summed E-state index contributed by atoms with van der Waals surface area (Å²) in [5, 5.41) is 11.5. The number of nitrogens with one attached hydrogen (secondary N) is 1. The minimum Gasteiger partial charge on any atom is -0.318 e. The number of nitrogens with zero attached hydrogens (tertiary/aromatic N) is 4. The van der Waals surface area contributed by atoms with Gasteiger partial charge in [-0.15, -0.1) is 0 Å². The molecule has 2 heterocycles. The van der Waals surface area contributed by atoms with E-state index < -0.39 is 0 Å². The number of benzene rings is 1. The molecule has 124 valence electrons. The second kappa shape index (κ2) is 6.86. The van der Waals surface area contributed by atoms with Crippen molar-refractivity contribution in [3.63, 3.8) is 0 Å². The summed E-state index contributed by atoms with van der Waals surface area (Å²) >= 11 is 8.70. The van der Waals surface area contributed by atoms with Crippen molar-refractivity contribution in [2.24, 2.45) is 5.10 Å². The number of H-pyrrole nitrogens is 1. The van der Waals surface area contributed by atoms with Crippen LogP contribution in [0.25, 0.3) is 5.69 Å². The van der Waals surface area contributed by atoms with Crippen LogP contribution in [0.5, 0.6) is 0 Å². The lowest BCUT2D eigenvalue weighted by atomic mass is 10.2. The molecule has 3 rings (SSSR count). The molecule has 7 heteroatoms. The average Bonchev–Trinajstić information content (AvgIpc) is 3.06. The Morgan fingerprint density at radius 1 is 1.29 bits per heavy atom. The zero-order valence-electron chi connectivity index (χ0n) is 13.7. The second-order valence-electron chi connectivity index (χ2n) is 5.49. The Morgan fingerprint density at radius 3 is 2.67 bits per heavy atom. The number of rotatable bonds is 4. The van der Waals surface area contributed by atoms with E-state index in [2.05, 4.69) is 67.8 Å². The minimum atomic E-state index is 0.504. The van der Waals surface area contributed by atoms with Crippen LogP contribution in [0.1, 0.15) is 29.7 Å². The Kier molecular flexibility index (Phi) is 4.82. The number of aryl methyl sites for hydroxylation is 2. The van der Waals surface area contributed by atoms with Crippen LogP contribution in [0, 0.1) is 18.6 Å². The van der Waals surface area contributed by atoms with Crippen LogP contribution in [0.2, 0.25) is 0 Å². The van der Waals surface area contributed by atoms with Crippen molar-refractivity contribution in [1.82, 2.24) is 19.4 Å². The molecular formula is C17H18BrN5S. The van der Waals surface area contributed by atoms with Crippen LogP contribution in [0.4, 0.5) is 0 Å². The third-order valence-electron chi connectivity index (χ3n) is 3.90. The number of aromatic amines is 1. The van der Waals surface area contributed by atoms with Gasteiger partial charge in [0.15, 0.2) is 5.82 Å². The molecule has 0 aliphatic rings. The Bertz CT molecular complexity index is 947. The van der Waals surface area contributed by atoms with Crippen LogP contribution >= 0.6 is 28.1 Å². The van der Waals surface area contributed by atoms with Crippen molar-refractivity contribution in [1.29, 1.82) is 0 Å². The lowest BCUT2D eigenvalue weighted by Crippen LogP contribution is -2.00. The van der Waals surface area contributed by atoms with Crippen molar-refractivity contribution in [2.45, 2.75) is 27.2 Å². The van der Waals surface area contributed by atoms with Crippen molar-refractivity contribution < 1.29 is 0 Å². The van der Waals surface area contributed by atoms with E-state index in [9.17, 15) is 0 Å². The van der Waals surface area contributed by atoms with Crippen LogP contribution in [0.15, 0.2) is 39.9 Å². The molecule has 0 aliphatic carbocycles. The molecule has 0 spiro atoms. The van der Waals surface area contributed by atoms with Crippen molar-refractivity contribution in [3.8, 4) is 5.69 Å². The van der Waals surface area contributed by atoms with Crippen molar-refractivity contribution in [2.75, 3.05) is 0 Å². The first-order valence-electron chi connectivity index (χ1n) is 7.66. The van der Waals surface area contributed by atoms with Gasteiger partial charge in [0, 0.05) is 33.5 Å². The van der Waals surface area contributed by atoms with Gasteiger partial charge in [0.2, 0.25) is 4.77 Å². The van der Waals surface area contributed by atoms with E-state index >= 15 is 0 Å². The second-order valence-corrected chi connectivity index (χ2v) is 6.80. The van der Waals surface area contributed by atoms with Crippen LogP contribution in [0.3, 0.4) is 0 Å². The molecule has 0 amide bonds. The fourth-order valence-corrected chi connectivity index (χ4v) is 3.16. The van der Waals surface area contributed by atoms with Gasteiger partial charge in [-0.25, -0.2) is 0 Å². The molecule has 2 aromatic heterocycles. The zero-order chi connectivity index (χ0) is 17.3. The van der Waals surface area contributed by atoms with Gasteiger partial charge in [-0.1, -0.05) is 22.9 Å².